The second kappa shape index (κ2) is 8.34. The summed E-state index contributed by atoms with van der Waals surface area (Å²) in [6.45, 7) is 10.5. The smallest absolute Gasteiger partial charge is 0.407 e. The van der Waals surface area contributed by atoms with Gasteiger partial charge in [0.2, 0.25) is 0 Å². The maximum atomic E-state index is 11.8. The highest BCUT2D eigenvalue weighted by molar-refractivity contribution is 5.67. The number of hydrogen-bond donors (Lipinski definition) is 2. The number of carbonyl (C=O) groups excluding carboxylic acids is 1. The molecular formula is C18H34N2O3. The van der Waals surface area contributed by atoms with Crippen LogP contribution in [0.2, 0.25) is 0 Å². The van der Waals surface area contributed by atoms with Gasteiger partial charge in [-0.05, 0) is 65.2 Å². The van der Waals surface area contributed by atoms with Gasteiger partial charge in [0.1, 0.15) is 5.60 Å². The lowest BCUT2D eigenvalue weighted by Crippen LogP contribution is -2.47. The maximum absolute atomic E-state index is 11.8. The Labute approximate surface area is 140 Å². The van der Waals surface area contributed by atoms with Crippen LogP contribution in [0.4, 0.5) is 4.79 Å². The van der Waals surface area contributed by atoms with Gasteiger partial charge in [-0.2, -0.15) is 0 Å². The lowest BCUT2D eigenvalue weighted by molar-refractivity contribution is 0.0499. The van der Waals surface area contributed by atoms with Gasteiger partial charge in [0, 0.05) is 31.8 Å². The van der Waals surface area contributed by atoms with Crippen molar-refractivity contribution in [3.63, 3.8) is 0 Å². The van der Waals surface area contributed by atoms with Gasteiger partial charge in [-0.15, -0.1) is 0 Å². The van der Waals surface area contributed by atoms with Crippen LogP contribution >= 0.6 is 0 Å². The van der Waals surface area contributed by atoms with Crippen LogP contribution < -0.4 is 10.6 Å². The van der Waals surface area contributed by atoms with E-state index in [0.29, 0.717) is 30.5 Å². The van der Waals surface area contributed by atoms with Crippen molar-refractivity contribution >= 4 is 6.09 Å². The van der Waals surface area contributed by atoms with E-state index in [1.54, 1.807) is 0 Å². The number of carbonyl (C=O) groups is 1. The minimum absolute atomic E-state index is 0.305. The molecule has 2 fully saturated rings. The number of alkyl carbamates (subject to hydrolysis) is 1. The number of amides is 1. The summed E-state index contributed by atoms with van der Waals surface area (Å²) >= 11 is 0. The summed E-state index contributed by atoms with van der Waals surface area (Å²) in [5.74, 6) is 1.22. The van der Waals surface area contributed by atoms with Crippen LogP contribution in [-0.2, 0) is 9.47 Å². The third kappa shape index (κ3) is 6.30. The first-order valence-corrected chi connectivity index (χ1v) is 9.16. The van der Waals surface area contributed by atoms with E-state index in [9.17, 15) is 4.79 Å². The zero-order chi connectivity index (χ0) is 16.9. The number of nitrogens with one attached hydrogen (secondary N) is 2. The molecule has 0 aromatic heterocycles. The zero-order valence-corrected chi connectivity index (χ0v) is 15.2. The van der Waals surface area contributed by atoms with Crippen molar-refractivity contribution in [2.75, 3.05) is 19.8 Å². The Balaban J connectivity index is 1.75. The van der Waals surface area contributed by atoms with Gasteiger partial charge in [-0.1, -0.05) is 6.42 Å². The lowest BCUT2D eigenvalue weighted by Gasteiger charge is -2.32. The fourth-order valence-corrected chi connectivity index (χ4v) is 3.72. The summed E-state index contributed by atoms with van der Waals surface area (Å²) in [6.07, 6.45) is 5.62. The summed E-state index contributed by atoms with van der Waals surface area (Å²) in [4.78, 5) is 11.8. The quantitative estimate of drug-likeness (QED) is 0.815. The van der Waals surface area contributed by atoms with Gasteiger partial charge >= 0.3 is 6.09 Å². The molecule has 0 aromatic rings. The highest BCUT2D eigenvalue weighted by atomic mass is 16.6. The van der Waals surface area contributed by atoms with E-state index in [4.69, 9.17) is 9.47 Å². The van der Waals surface area contributed by atoms with E-state index in [2.05, 4.69) is 17.6 Å². The van der Waals surface area contributed by atoms with Crippen LogP contribution in [0.1, 0.15) is 59.8 Å². The number of rotatable bonds is 5. The molecule has 0 unspecified atom stereocenters. The molecule has 1 amide bonds. The van der Waals surface area contributed by atoms with Crippen LogP contribution in [0.15, 0.2) is 0 Å². The van der Waals surface area contributed by atoms with Gasteiger partial charge in [-0.3, -0.25) is 0 Å². The van der Waals surface area contributed by atoms with Crippen LogP contribution in [-0.4, -0.2) is 43.5 Å². The molecule has 2 aliphatic rings. The van der Waals surface area contributed by atoms with Gasteiger partial charge in [0.25, 0.3) is 0 Å². The average molecular weight is 326 g/mol. The van der Waals surface area contributed by atoms with E-state index >= 15 is 0 Å². The van der Waals surface area contributed by atoms with E-state index < -0.39 is 5.60 Å². The average Bonchev–Trinajstić information content (AvgIpc) is 2.91. The SMILES string of the molecule is C[C@H](N[C@H]1CCC[C@H]1CNC(=O)OC(C)(C)C)C1CCOCC1. The van der Waals surface area contributed by atoms with Crippen molar-refractivity contribution < 1.29 is 14.3 Å². The Kier molecular flexibility index (Phi) is 6.72. The van der Waals surface area contributed by atoms with Crippen molar-refractivity contribution in [2.45, 2.75) is 77.5 Å². The van der Waals surface area contributed by atoms with Crippen LogP contribution in [0.3, 0.4) is 0 Å². The summed E-state index contributed by atoms with van der Waals surface area (Å²) in [6, 6.07) is 1.02. The number of hydrogen-bond acceptors (Lipinski definition) is 4. The van der Waals surface area contributed by atoms with Crippen LogP contribution in [0, 0.1) is 11.8 Å². The molecule has 1 saturated carbocycles. The topological polar surface area (TPSA) is 59.6 Å². The minimum atomic E-state index is -0.436. The molecule has 1 aliphatic carbocycles. The standard InChI is InChI=1S/C18H34N2O3/c1-13(14-8-10-22-11-9-14)20-16-7-5-6-15(16)12-19-17(21)23-18(2,3)4/h13-16,20H,5-12H2,1-4H3,(H,19,21)/t13-,15-,16-/m0/s1. The molecule has 0 radical (unpaired) electrons. The molecule has 5 heteroatoms. The molecule has 3 atom stereocenters. The third-order valence-corrected chi connectivity index (χ3v) is 5.02. The van der Waals surface area contributed by atoms with E-state index in [1.807, 2.05) is 20.8 Å². The molecule has 0 spiro atoms. The highest BCUT2D eigenvalue weighted by Gasteiger charge is 2.31. The fraction of sp³-hybridized carbons (Fsp3) is 0.944. The van der Waals surface area contributed by atoms with Crippen LogP contribution in [0.5, 0.6) is 0 Å². The second-order valence-corrected chi connectivity index (χ2v) is 8.09. The van der Waals surface area contributed by atoms with E-state index in [-0.39, 0.29) is 6.09 Å². The Morgan fingerprint density at radius 2 is 1.91 bits per heavy atom. The molecule has 1 saturated heterocycles. The molecule has 23 heavy (non-hydrogen) atoms. The molecule has 2 rings (SSSR count). The second-order valence-electron chi connectivity index (χ2n) is 8.09. The first-order valence-electron chi connectivity index (χ1n) is 9.16. The van der Waals surface area contributed by atoms with Gasteiger partial charge in [0.15, 0.2) is 0 Å². The Bertz CT molecular complexity index is 375. The van der Waals surface area contributed by atoms with Crippen molar-refractivity contribution in [1.29, 1.82) is 0 Å². The lowest BCUT2D eigenvalue weighted by atomic mass is 9.91. The Hall–Kier alpha value is -0.810. The first-order chi connectivity index (χ1) is 10.8. The number of ether oxygens (including phenoxy) is 2. The first kappa shape index (κ1) is 18.5. The maximum Gasteiger partial charge on any atom is 0.407 e. The van der Waals surface area contributed by atoms with Gasteiger partial charge in [0.05, 0.1) is 0 Å². The normalized spacial score (nSPS) is 27.7. The predicted octanol–water partition coefficient (Wildman–Crippen LogP) is 3.08. The summed E-state index contributed by atoms with van der Waals surface area (Å²) in [5, 5.41) is 6.77. The Morgan fingerprint density at radius 1 is 1.22 bits per heavy atom. The molecule has 5 nitrogen and oxygen atoms in total. The highest BCUT2D eigenvalue weighted by Crippen LogP contribution is 2.27. The molecular weight excluding hydrogens is 292 g/mol. The zero-order valence-electron chi connectivity index (χ0n) is 15.2. The van der Waals surface area contributed by atoms with Crippen LogP contribution in [0.25, 0.3) is 0 Å². The van der Waals surface area contributed by atoms with E-state index in [1.165, 1.54) is 19.3 Å². The molecule has 1 aliphatic heterocycles. The molecule has 0 aromatic carbocycles. The summed E-state index contributed by atoms with van der Waals surface area (Å²) in [7, 11) is 0. The monoisotopic (exact) mass is 326 g/mol. The molecule has 0 bridgehead atoms. The largest absolute Gasteiger partial charge is 0.444 e. The molecule has 1 heterocycles. The third-order valence-electron chi connectivity index (χ3n) is 5.02. The van der Waals surface area contributed by atoms with Crippen molar-refractivity contribution in [1.82, 2.24) is 10.6 Å². The minimum Gasteiger partial charge on any atom is -0.444 e. The molecule has 2 N–H and O–H groups in total. The fourth-order valence-electron chi connectivity index (χ4n) is 3.72. The van der Waals surface area contributed by atoms with Crippen molar-refractivity contribution in [3.8, 4) is 0 Å². The summed E-state index contributed by atoms with van der Waals surface area (Å²) in [5.41, 5.74) is -0.436. The summed E-state index contributed by atoms with van der Waals surface area (Å²) < 4.78 is 10.8. The Morgan fingerprint density at radius 3 is 2.57 bits per heavy atom. The van der Waals surface area contributed by atoms with Crippen molar-refractivity contribution in [2.24, 2.45) is 11.8 Å². The van der Waals surface area contributed by atoms with Gasteiger partial charge < -0.3 is 20.1 Å². The predicted molar refractivity (Wildman–Crippen MR) is 91.5 cm³/mol. The molecule has 134 valence electrons. The van der Waals surface area contributed by atoms with Gasteiger partial charge in [-0.25, -0.2) is 4.79 Å². The van der Waals surface area contributed by atoms with Crippen molar-refractivity contribution in [3.05, 3.63) is 0 Å². The van der Waals surface area contributed by atoms with E-state index in [0.717, 1.165) is 26.1 Å².